The van der Waals surface area contributed by atoms with Gasteiger partial charge in [0.05, 0.1) is 0 Å². The van der Waals surface area contributed by atoms with E-state index in [-0.39, 0.29) is 0 Å². The van der Waals surface area contributed by atoms with Crippen LogP contribution in [-0.4, -0.2) is 4.57 Å². The van der Waals surface area contributed by atoms with Crippen LogP contribution in [0.1, 0.15) is 0 Å². The van der Waals surface area contributed by atoms with Crippen molar-refractivity contribution in [2.75, 3.05) is 0 Å². The average molecular weight is 186 g/mol. The van der Waals surface area contributed by atoms with Crippen LogP contribution in [0.4, 0.5) is 0 Å². The Kier molecular flexibility index (Phi) is 2.58. The topological polar surface area (TPSA) is 4.93 Å². The molecule has 0 fully saturated rings. The lowest BCUT2D eigenvalue weighted by Crippen LogP contribution is -1.87. The molecule has 0 aliphatic carbocycles. The Morgan fingerprint density at radius 2 is 2.00 bits per heavy atom. The maximum absolute atomic E-state index is 3.20. The van der Waals surface area contributed by atoms with Gasteiger partial charge in [-0.25, -0.2) is 0 Å². The van der Waals surface area contributed by atoms with Crippen molar-refractivity contribution in [3.05, 3.63) is 35.6 Å². The van der Waals surface area contributed by atoms with Gasteiger partial charge in [0.15, 0.2) is 0 Å². The summed E-state index contributed by atoms with van der Waals surface area (Å²) in [6.45, 7) is 0.943. The molecule has 1 heterocycles. The fourth-order valence-corrected chi connectivity index (χ4v) is 0.821. The van der Waals surface area contributed by atoms with Crippen LogP contribution in [0, 0.1) is 0 Å². The van der Waals surface area contributed by atoms with Crippen LogP contribution >= 0.6 is 15.9 Å². The molecule has 0 aliphatic rings. The normalized spacial score (nSPS) is 10.8. The summed E-state index contributed by atoms with van der Waals surface area (Å²) in [4.78, 5) is 1.87. The van der Waals surface area contributed by atoms with Crippen LogP contribution in [0.3, 0.4) is 0 Å². The van der Waals surface area contributed by atoms with Crippen LogP contribution in [0.15, 0.2) is 35.6 Å². The molecule has 2 heteroatoms. The second-order valence-electron chi connectivity index (χ2n) is 1.74. The second kappa shape index (κ2) is 3.51. The van der Waals surface area contributed by atoms with Crippen molar-refractivity contribution < 1.29 is 0 Å². The zero-order chi connectivity index (χ0) is 6.53. The number of aromatic nitrogens is 1. The van der Waals surface area contributed by atoms with Gasteiger partial charge >= 0.3 is 0 Å². The predicted octanol–water partition coefficient (Wildman–Crippen LogP) is 2.40. The summed E-state index contributed by atoms with van der Waals surface area (Å²) in [5.41, 5.74) is 0. The van der Waals surface area contributed by atoms with E-state index in [4.69, 9.17) is 0 Å². The first-order valence-electron chi connectivity index (χ1n) is 2.79. The van der Waals surface area contributed by atoms with Crippen molar-refractivity contribution in [1.82, 2.24) is 4.57 Å². The highest BCUT2D eigenvalue weighted by Crippen LogP contribution is 1.91. The molecule has 0 unspecified atom stereocenters. The summed E-state index contributed by atoms with van der Waals surface area (Å²) in [6.07, 6.45) is 6.11. The van der Waals surface area contributed by atoms with E-state index >= 15 is 0 Å². The monoisotopic (exact) mass is 185 g/mol. The van der Waals surface area contributed by atoms with Gasteiger partial charge in [0.25, 0.3) is 0 Å². The highest BCUT2D eigenvalue weighted by Gasteiger charge is 1.79. The third-order valence-electron chi connectivity index (χ3n) is 1.07. The Morgan fingerprint density at radius 1 is 1.33 bits per heavy atom. The van der Waals surface area contributed by atoms with Crippen LogP contribution in [-0.2, 0) is 6.54 Å². The molecule has 0 aromatic carbocycles. The summed E-state index contributed by atoms with van der Waals surface area (Å²) in [6, 6.07) is 4.03. The minimum atomic E-state index is 0.943. The molecule has 0 radical (unpaired) electrons. The largest absolute Gasteiger partial charge is 0.350 e. The molecule has 1 rings (SSSR count). The average Bonchev–Trinajstić information content (AvgIpc) is 2.34. The zero-order valence-electron chi connectivity index (χ0n) is 5.00. The quantitative estimate of drug-likeness (QED) is 0.668. The van der Waals surface area contributed by atoms with Gasteiger partial charge in [0.2, 0.25) is 0 Å². The number of allylic oxidation sites excluding steroid dienone is 1. The maximum Gasteiger partial charge on any atom is 0.0408 e. The summed E-state index contributed by atoms with van der Waals surface area (Å²) in [5.74, 6) is 0. The molecular weight excluding hydrogens is 178 g/mol. The third kappa shape index (κ3) is 2.06. The zero-order valence-corrected chi connectivity index (χ0v) is 6.58. The number of rotatable bonds is 2. The number of halogens is 1. The van der Waals surface area contributed by atoms with Gasteiger partial charge in [-0.15, -0.1) is 0 Å². The van der Waals surface area contributed by atoms with E-state index in [1.807, 2.05) is 35.6 Å². The van der Waals surface area contributed by atoms with Crippen LogP contribution in [0.2, 0.25) is 0 Å². The molecule has 0 N–H and O–H groups in total. The molecule has 0 bridgehead atoms. The highest BCUT2D eigenvalue weighted by molar-refractivity contribution is 9.11. The van der Waals surface area contributed by atoms with E-state index < -0.39 is 0 Å². The lowest BCUT2D eigenvalue weighted by molar-refractivity contribution is 0.831. The molecule has 0 spiro atoms. The third-order valence-corrected chi connectivity index (χ3v) is 1.45. The summed E-state index contributed by atoms with van der Waals surface area (Å²) in [5, 5.41) is 0. The second-order valence-corrected chi connectivity index (χ2v) is 2.27. The first-order valence-corrected chi connectivity index (χ1v) is 3.71. The minimum absolute atomic E-state index is 0.943. The Morgan fingerprint density at radius 3 is 2.56 bits per heavy atom. The molecule has 1 nitrogen and oxygen atoms in total. The van der Waals surface area contributed by atoms with Crippen molar-refractivity contribution in [1.29, 1.82) is 0 Å². The van der Waals surface area contributed by atoms with Crippen LogP contribution < -0.4 is 0 Å². The molecule has 9 heavy (non-hydrogen) atoms. The molecule has 1 aromatic heterocycles. The molecule has 1 aromatic rings. The van der Waals surface area contributed by atoms with E-state index in [0.717, 1.165) is 6.54 Å². The van der Waals surface area contributed by atoms with Crippen molar-refractivity contribution >= 4 is 15.9 Å². The lowest BCUT2D eigenvalue weighted by atomic mass is 10.6. The smallest absolute Gasteiger partial charge is 0.0408 e. The van der Waals surface area contributed by atoms with E-state index in [1.165, 1.54) is 0 Å². The summed E-state index contributed by atoms with van der Waals surface area (Å²) in [7, 11) is 0. The Bertz CT molecular complexity index is 177. The van der Waals surface area contributed by atoms with Crippen molar-refractivity contribution in [2.45, 2.75) is 6.54 Å². The maximum atomic E-state index is 3.20. The molecule has 0 aliphatic heterocycles. The van der Waals surface area contributed by atoms with E-state index in [9.17, 15) is 0 Å². The number of hydrogen-bond acceptors (Lipinski definition) is 0. The number of nitrogens with zero attached hydrogens (tertiary/aromatic N) is 1. The first kappa shape index (κ1) is 6.62. The molecule has 0 amide bonds. The van der Waals surface area contributed by atoms with Crippen molar-refractivity contribution in [2.24, 2.45) is 0 Å². The summed E-state index contributed by atoms with van der Waals surface area (Å²) >= 11 is 3.20. The molecule has 0 saturated heterocycles. The Balaban J connectivity index is 2.48. The fourth-order valence-electron chi connectivity index (χ4n) is 0.653. The molecule has 0 saturated carbocycles. The Labute approximate surface area is 63.1 Å². The highest BCUT2D eigenvalue weighted by atomic mass is 79.9. The van der Waals surface area contributed by atoms with Gasteiger partial charge in [0, 0.05) is 18.9 Å². The van der Waals surface area contributed by atoms with E-state index in [0.29, 0.717) is 0 Å². The van der Waals surface area contributed by atoms with Crippen LogP contribution in [0.25, 0.3) is 0 Å². The van der Waals surface area contributed by atoms with E-state index in [2.05, 4.69) is 20.5 Å². The first-order chi connectivity index (χ1) is 4.43. The number of hydrogen-bond donors (Lipinski definition) is 0. The van der Waals surface area contributed by atoms with Gasteiger partial charge in [-0.1, -0.05) is 22.0 Å². The van der Waals surface area contributed by atoms with Gasteiger partial charge in [-0.3, -0.25) is 0 Å². The molecule has 0 atom stereocenters. The van der Waals surface area contributed by atoms with Gasteiger partial charge in [0.1, 0.15) is 0 Å². The lowest BCUT2D eigenvalue weighted by Gasteiger charge is -1.92. The van der Waals surface area contributed by atoms with Gasteiger partial charge in [-0.05, 0) is 17.1 Å². The molecular formula is C7H8BrN. The fraction of sp³-hybridized carbons (Fsp3) is 0.143. The summed E-state index contributed by atoms with van der Waals surface area (Å²) < 4.78 is 2.10. The standard InChI is InChI=1S/C7H8BrN/c8-4-3-7-9-5-1-2-6-9/h1-6H,7H2. The van der Waals surface area contributed by atoms with Crippen molar-refractivity contribution in [3.8, 4) is 0 Å². The predicted molar refractivity (Wildman–Crippen MR) is 42.5 cm³/mol. The SMILES string of the molecule is BrC=CCn1cccc1. The van der Waals surface area contributed by atoms with Gasteiger partial charge in [-0.2, -0.15) is 0 Å². The van der Waals surface area contributed by atoms with Gasteiger partial charge < -0.3 is 4.57 Å². The van der Waals surface area contributed by atoms with Crippen LogP contribution in [0.5, 0.6) is 0 Å². The van der Waals surface area contributed by atoms with Crippen molar-refractivity contribution in [3.63, 3.8) is 0 Å². The minimum Gasteiger partial charge on any atom is -0.350 e. The Hall–Kier alpha value is -0.500. The van der Waals surface area contributed by atoms with E-state index in [1.54, 1.807) is 0 Å². The molecule has 48 valence electrons.